The van der Waals surface area contributed by atoms with Crippen molar-refractivity contribution in [1.29, 1.82) is 5.26 Å². The minimum atomic E-state index is -0.541. The molecule has 74 valence electrons. The number of carbonyl (C=O) groups excluding carboxylic acids is 1. The number of nitriles is 1. The van der Waals surface area contributed by atoms with E-state index in [-0.39, 0.29) is 11.5 Å². The van der Waals surface area contributed by atoms with Crippen molar-refractivity contribution < 1.29 is 9.53 Å². The Bertz CT molecular complexity index is 566. The first kappa shape index (κ1) is 9.21. The van der Waals surface area contributed by atoms with Crippen molar-refractivity contribution in [2.75, 3.05) is 7.11 Å². The van der Waals surface area contributed by atoms with Crippen LogP contribution in [0.2, 0.25) is 0 Å². The largest absolute Gasteiger partial charge is 0.464 e. The molecule has 0 atom stereocenters. The Labute approximate surface area is 85.5 Å². The molecule has 2 heterocycles. The summed E-state index contributed by atoms with van der Waals surface area (Å²) in [5.41, 5.74) is 0.732. The van der Waals surface area contributed by atoms with Crippen LogP contribution in [-0.4, -0.2) is 22.5 Å². The summed E-state index contributed by atoms with van der Waals surface area (Å²) < 4.78 is 6.13. The van der Waals surface area contributed by atoms with E-state index in [9.17, 15) is 4.79 Å². The molecule has 0 N–H and O–H groups in total. The second-order valence-corrected chi connectivity index (χ2v) is 2.84. The molecule has 0 fully saturated rings. The maximum absolute atomic E-state index is 11.3. The van der Waals surface area contributed by atoms with E-state index in [1.165, 1.54) is 7.11 Å². The summed E-state index contributed by atoms with van der Waals surface area (Å²) in [6.45, 7) is 0. The van der Waals surface area contributed by atoms with Gasteiger partial charge >= 0.3 is 5.97 Å². The summed E-state index contributed by atoms with van der Waals surface area (Å²) >= 11 is 0. The van der Waals surface area contributed by atoms with Crippen LogP contribution in [0.15, 0.2) is 24.4 Å². The van der Waals surface area contributed by atoms with Gasteiger partial charge in [0.2, 0.25) is 5.82 Å². The van der Waals surface area contributed by atoms with Crippen LogP contribution >= 0.6 is 0 Å². The van der Waals surface area contributed by atoms with Gasteiger partial charge in [-0.3, -0.25) is 4.40 Å². The average Bonchev–Trinajstić information content (AvgIpc) is 2.67. The van der Waals surface area contributed by atoms with Gasteiger partial charge in [-0.05, 0) is 12.1 Å². The smallest absolute Gasteiger partial charge is 0.358 e. The van der Waals surface area contributed by atoms with Crippen molar-refractivity contribution in [1.82, 2.24) is 9.38 Å². The molecule has 0 radical (unpaired) electrons. The summed E-state index contributed by atoms with van der Waals surface area (Å²) in [4.78, 5) is 15.3. The molecule has 2 aromatic heterocycles. The van der Waals surface area contributed by atoms with Crippen LogP contribution in [0.25, 0.3) is 5.52 Å². The maximum Gasteiger partial charge on any atom is 0.358 e. The molecule has 5 nitrogen and oxygen atoms in total. The first-order chi connectivity index (χ1) is 7.27. The van der Waals surface area contributed by atoms with Gasteiger partial charge in [0, 0.05) is 6.20 Å². The summed E-state index contributed by atoms with van der Waals surface area (Å²) in [5.74, 6) is -0.369. The fourth-order valence-corrected chi connectivity index (χ4v) is 1.36. The molecule has 5 heteroatoms. The van der Waals surface area contributed by atoms with Crippen LogP contribution in [0.1, 0.15) is 16.3 Å². The Balaban J connectivity index is 2.77. The predicted octanol–water partition coefficient (Wildman–Crippen LogP) is 0.993. The van der Waals surface area contributed by atoms with E-state index < -0.39 is 5.97 Å². The van der Waals surface area contributed by atoms with Gasteiger partial charge in [-0.1, -0.05) is 6.07 Å². The fourth-order valence-electron chi connectivity index (χ4n) is 1.36. The topological polar surface area (TPSA) is 67.4 Å². The first-order valence-corrected chi connectivity index (χ1v) is 4.23. The van der Waals surface area contributed by atoms with Crippen molar-refractivity contribution in [2.45, 2.75) is 0 Å². The SMILES string of the molecule is COC(=O)c1nc(C#N)n2ccccc12. The van der Waals surface area contributed by atoms with Gasteiger partial charge in [-0.2, -0.15) is 5.26 Å². The third-order valence-corrected chi connectivity index (χ3v) is 2.03. The number of pyridine rings is 1. The normalized spacial score (nSPS) is 9.87. The van der Waals surface area contributed by atoms with E-state index in [2.05, 4.69) is 9.72 Å². The third kappa shape index (κ3) is 1.32. The Hall–Kier alpha value is -2.35. The van der Waals surface area contributed by atoms with Crippen molar-refractivity contribution >= 4 is 11.5 Å². The lowest BCUT2D eigenvalue weighted by Crippen LogP contribution is -2.02. The minimum absolute atomic E-state index is 0.162. The van der Waals surface area contributed by atoms with E-state index in [0.717, 1.165) is 0 Å². The molecule has 0 saturated heterocycles. The van der Waals surface area contributed by atoms with Gasteiger partial charge in [-0.25, -0.2) is 9.78 Å². The molecule has 0 aromatic carbocycles. The Kier molecular flexibility index (Phi) is 2.10. The number of methoxy groups -OCH3 is 1. The molecule has 2 aromatic rings. The monoisotopic (exact) mass is 201 g/mol. The molecule has 2 rings (SSSR count). The van der Waals surface area contributed by atoms with Gasteiger partial charge in [0.05, 0.1) is 12.6 Å². The summed E-state index contributed by atoms with van der Waals surface area (Å²) in [7, 11) is 1.28. The fraction of sp³-hybridized carbons (Fsp3) is 0.100. The highest BCUT2D eigenvalue weighted by molar-refractivity contribution is 5.95. The van der Waals surface area contributed by atoms with Gasteiger partial charge in [0.1, 0.15) is 6.07 Å². The number of aromatic nitrogens is 2. The van der Waals surface area contributed by atoms with Crippen LogP contribution in [0, 0.1) is 11.3 Å². The molecular formula is C10H7N3O2. The molecule has 0 aliphatic carbocycles. The van der Waals surface area contributed by atoms with E-state index in [0.29, 0.717) is 5.52 Å². The number of hydrogen-bond donors (Lipinski definition) is 0. The van der Waals surface area contributed by atoms with Gasteiger partial charge in [0.25, 0.3) is 0 Å². The number of fused-ring (bicyclic) bond motifs is 1. The number of nitrogens with zero attached hydrogens (tertiary/aromatic N) is 3. The summed E-state index contributed by atoms with van der Waals surface area (Å²) in [6, 6.07) is 7.15. The standard InChI is InChI=1S/C10H7N3O2/c1-15-10(14)9-7-4-2-3-5-13(7)8(6-11)12-9/h2-5H,1H3. The van der Waals surface area contributed by atoms with E-state index in [4.69, 9.17) is 5.26 Å². The summed E-state index contributed by atoms with van der Waals surface area (Å²) in [5, 5.41) is 8.82. The highest BCUT2D eigenvalue weighted by atomic mass is 16.5. The van der Waals surface area contributed by atoms with Gasteiger partial charge < -0.3 is 4.74 Å². The molecule has 0 aliphatic rings. The zero-order chi connectivity index (χ0) is 10.8. The van der Waals surface area contributed by atoms with Crippen LogP contribution in [0.3, 0.4) is 0 Å². The number of imidazole rings is 1. The first-order valence-electron chi connectivity index (χ1n) is 4.23. The van der Waals surface area contributed by atoms with Crippen LogP contribution in [0.5, 0.6) is 0 Å². The molecule has 0 unspecified atom stereocenters. The molecule has 15 heavy (non-hydrogen) atoms. The number of hydrogen-bond acceptors (Lipinski definition) is 4. The predicted molar refractivity (Wildman–Crippen MR) is 51.2 cm³/mol. The molecule has 0 saturated carbocycles. The van der Waals surface area contributed by atoms with E-state index >= 15 is 0 Å². The Morgan fingerprint density at radius 3 is 3.07 bits per heavy atom. The number of carbonyl (C=O) groups is 1. The van der Waals surface area contributed by atoms with Crippen molar-refractivity contribution in [3.05, 3.63) is 35.9 Å². The number of rotatable bonds is 1. The maximum atomic E-state index is 11.3. The molecule has 0 aliphatic heterocycles. The zero-order valence-electron chi connectivity index (χ0n) is 7.97. The van der Waals surface area contributed by atoms with E-state index in [1.54, 1.807) is 28.8 Å². The van der Waals surface area contributed by atoms with Crippen LogP contribution in [0.4, 0.5) is 0 Å². The molecule has 0 bridgehead atoms. The Morgan fingerprint density at radius 2 is 2.40 bits per heavy atom. The Morgan fingerprint density at radius 1 is 1.60 bits per heavy atom. The molecule has 0 spiro atoms. The summed E-state index contributed by atoms with van der Waals surface area (Å²) in [6.07, 6.45) is 1.67. The highest BCUT2D eigenvalue weighted by Crippen LogP contribution is 2.13. The lowest BCUT2D eigenvalue weighted by molar-refractivity contribution is 0.0597. The second kappa shape index (κ2) is 3.42. The minimum Gasteiger partial charge on any atom is -0.464 e. The average molecular weight is 201 g/mol. The quantitative estimate of drug-likeness (QED) is 0.645. The van der Waals surface area contributed by atoms with Crippen molar-refractivity contribution in [2.24, 2.45) is 0 Å². The number of ether oxygens (including phenoxy) is 1. The van der Waals surface area contributed by atoms with Gasteiger partial charge in [0.15, 0.2) is 5.69 Å². The second-order valence-electron chi connectivity index (χ2n) is 2.84. The van der Waals surface area contributed by atoms with Gasteiger partial charge in [-0.15, -0.1) is 0 Å². The van der Waals surface area contributed by atoms with Crippen molar-refractivity contribution in [3.8, 4) is 6.07 Å². The molecule has 0 amide bonds. The van der Waals surface area contributed by atoms with Crippen LogP contribution in [-0.2, 0) is 4.74 Å². The lowest BCUT2D eigenvalue weighted by atomic mass is 10.3. The highest BCUT2D eigenvalue weighted by Gasteiger charge is 2.16. The third-order valence-electron chi connectivity index (χ3n) is 2.03. The lowest BCUT2D eigenvalue weighted by Gasteiger charge is -1.95. The molecular weight excluding hydrogens is 194 g/mol. The van der Waals surface area contributed by atoms with Crippen LogP contribution < -0.4 is 0 Å². The van der Waals surface area contributed by atoms with Crippen molar-refractivity contribution in [3.63, 3.8) is 0 Å². The zero-order valence-corrected chi connectivity index (χ0v) is 7.97. The van der Waals surface area contributed by atoms with E-state index in [1.807, 2.05) is 6.07 Å². The number of esters is 1.